The quantitative estimate of drug-likeness (QED) is 0.399. The largest absolute Gasteiger partial charge is 0.379 e. The Morgan fingerprint density at radius 1 is 0.833 bits per heavy atom. The SMILES string of the molecule is CCOCCOCC(OCC)(OCC)OC(C)C. The highest BCUT2D eigenvalue weighted by Crippen LogP contribution is 2.18. The maximum Gasteiger partial charge on any atom is 0.308 e. The van der Waals surface area contributed by atoms with Gasteiger partial charge in [0.1, 0.15) is 6.61 Å². The van der Waals surface area contributed by atoms with Gasteiger partial charge in [0, 0.05) is 19.8 Å². The number of ether oxygens (including phenoxy) is 5. The molecule has 110 valence electrons. The summed E-state index contributed by atoms with van der Waals surface area (Å²) in [6, 6.07) is 0. The van der Waals surface area contributed by atoms with E-state index in [1.54, 1.807) is 0 Å². The van der Waals surface area contributed by atoms with Gasteiger partial charge >= 0.3 is 5.97 Å². The molecule has 0 aromatic rings. The average molecular weight is 264 g/mol. The van der Waals surface area contributed by atoms with Crippen molar-refractivity contribution in [3.63, 3.8) is 0 Å². The summed E-state index contributed by atoms with van der Waals surface area (Å²) in [6.07, 6.45) is -0.00130. The van der Waals surface area contributed by atoms with E-state index in [-0.39, 0.29) is 12.7 Å². The summed E-state index contributed by atoms with van der Waals surface area (Å²) in [5.41, 5.74) is 0. The van der Waals surface area contributed by atoms with E-state index in [4.69, 9.17) is 23.7 Å². The molecule has 0 atom stereocenters. The van der Waals surface area contributed by atoms with Crippen molar-refractivity contribution < 1.29 is 23.7 Å². The molecule has 0 aliphatic heterocycles. The molecule has 0 aliphatic carbocycles. The summed E-state index contributed by atoms with van der Waals surface area (Å²) in [7, 11) is 0. The van der Waals surface area contributed by atoms with Gasteiger partial charge in [-0.1, -0.05) is 0 Å². The van der Waals surface area contributed by atoms with Crippen LogP contribution in [0.1, 0.15) is 34.6 Å². The smallest absolute Gasteiger partial charge is 0.308 e. The summed E-state index contributed by atoms with van der Waals surface area (Å²) in [5, 5.41) is 0. The van der Waals surface area contributed by atoms with E-state index in [1.807, 2.05) is 34.6 Å². The van der Waals surface area contributed by atoms with Gasteiger partial charge in [-0.2, -0.15) is 0 Å². The normalized spacial score (nSPS) is 12.3. The van der Waals surface area contributed by atoms with Crippen molar-refractivity contribution in [1.29, 1.82) is 0 Å². The molecule has 0 bridgehead atoms. The standard InChI is InChI=1S/C13H28O5/c1-6-14-9-10-15-11-13(16-7-2,17-8-3)18-12(4)5/h12H,6-11H2,1-5H3. The summed E-state index contributed by atoms with van der Waals surface area (Å²) < 4.78 is 27.6. The first kappa shape index (κ1) is 17.8. The van der Waals surface area contributed by atoms with Crippen LogP contribution in [0.5, 0.6) is 0 Å². The monoisotopic (exact) mass is 264 g/mol. The summed E-state index contributed by atoms with van der Waals surface area (Å²) in [6.45, 7) is 12.6. The Labute approximate surface area is 111 Å². The third kappa shape index (κ3) is 8.00. The van der Waals surface area contributed by atoms with Gasteiger partial charge in [-0.25, -0.2) is 0 Å². The molecular formula is C13H28O5. The molecule has 0 saturated carbocycles. The molecule has 0 heterocycles. The molecule has 5 heteroatoms. The van der Waals surface area contributed by atoms with Gasteiger partial charge in [0.05, 0.1) is 19.3 Å². The van der Waals surface area contributed by atoms with Crippen LogP contribution in [0.2, 0.25) is 0 Å². The molecule has 0 fully saturated rings. The molecule has 0 saturated heterocycles. The van der Waals surface area contributed by atoms with Gasteiger partial charge in [0.15, 0.2) is 0 Å². The summed E-state index contributed by atoms with van der Waals surface area (Å²) in [5.74, 6) is -1.11. The minimum atomic E-state index is -1.11. The fraction of sp³-hybridized carbons (Fsp3) is 1.00. The second kappa shape index (κ2) is 10.7. The van der Waals surface area contributed by atoms with E-state index in [1.165, 1.54) is 0 Å². The Kier molecular flexibility index (Phi) is 10.6. The second-order valence-electron chi connectivity index (χ2n) is 3.97. The molecule has 0 aliphatic rings. The molecule has 0 rings (SSSR count). The Morgan fingerprint density at radius 2 is 1.39 bits per heavy atom. The van der Waals surface area contributed by atoms with E-state index >= 15 is 0 Å². The van der Waals surface area contributed by atoms with Gasteiger partial charge in [-0.15, -0.1) is 0 Å². The first-order valence-electron chi connectivity index (χ1n) is 6.71. The van der Waals surface area contributed by atoms with Crippen LogP contribution in [0.15, 0.2) is 0 Å². The molecule has 0 amide bonds. The van der Waals surface area contributed by atoms with Gasteiger partial charge in [-0.05, 0) is 34.6 Å². The molecule has 0 unspecified atom stereocenters. The molecule has 18 heavy (non-hydrogen) atoms. The van der Waals surface area contributed by atoms with Crippen LogP contribution in [-0.4, -0.2) is 51.7 Å². The third-order valence-corrected chi connectivity index (χ3v) is 2.00. The molecule has 0 aromatic heterocycles. The lowest BCUT2D eigenvalue weighted by Gasteiger charge is -2.33. The van der Waals surface area contributed by atoms with E-state index in [0.29, 0.717) is 33.0 Å². The fourth-order valence-corrected chi connectivity index (χ4v) is 1.49. The van der Waals surface area contributed by atoms with Crippen LogP contribution < -0.4 is 0 Å². The molecule has 0 spiro atoms. The van der Waals surface area contributed by atoms with Gasteiger partial charge in [0.2, 0.25) is 0 Å². The molecular weight excluding hydrogens is 236 g/mol. The predicted octanol–water partition coefficient (Wildman–Crippen LogP) is 2.19. The zero-order valence-corrected chi connectivity index (χ0v) is 12.4. The minimum Gasteiger partial charge on any atom is -0.379 e. The van der Waals surface area contributed by atoms with Crippen LogP contribution in [0.25, 0.3) is 0 Å². The first-order valence-corrected chi connectivity index (χ1v) is 6.71. The Hall–Kier alpha value is -0.200. The van der Waals surface area contributed by atoms with Crippen molar-refractivity contribution in [2.75, 3.05) is 39.6 Å². The molecule has 0 aromatic carbocycles. The number of rotatable bonds is 12. The van der Waals surface area contributed by atoms with Crippen molar-refractivity contribution in [3.8, 4) is 0 Å². The van der Waals surface area contributed by atoms with Crippen LogP contribution in [0.4, 0.5) is 0 Å². The van der Waals surface area contributed by atoms with E-state index < -0.39 is 5.97 Å². The zero-order valence-electron chi connectivity index (χ0n) is 12.4. The van der Waals surface area contributed by atoms with Gasteiger partial charge in [-0.3, -0.25) is 0 Å². The average Bonchev–Trinajstić information content (AvgIpc) is 2.28. The predicted molar refractivity (Wildman–Crippen MR) is 69.5 cm³/mol. The van der Waals surface area contributed by atoms with Crippen molar-refractivity contribution in [3.05, 3.63) is 0 Å². The highest BCUT2D eigenvalue weighted by atomic mass is 16.9. The molecule has 5 nitrogen and oxygen atoms in total. The third-order valence-electron chi connectivity index (χ3n) is 2.00. The van der Waals surface area contributed by atoms with Crippen LogP contribution in [0, 0.1) is 0 Å². The van der Waals surface area contributed by atoms with E-state index in [9.17, 15) is 0 Å². The maximum atomic E-state index is 5.72. The topological polar surface area (TPSA) is 46.2 Å². The van der Waals surface area contributed by atoms with Crippen molar-refractivity contribution in [1.82, 2.24) is 0 Å². The minimum absolute atomic E-state index is 0.00130. The number of hydrogen-bond acceptors (Lipinski definition) is 5. The van der Waals surface area contributed by atoms with Crippen LogP contribution in [-0.2, 0) is 23.7 Å². The lowest BCUT2D eigenvalue weighted by molar-refractivity contribution is -0.402. The first-order chi connectivity index (χ1) is 8.60. The van der Waals surface area contributed by atoms with E-state index in [2.05, 4.69) is 0 Å². The highest BCUT2D eigenvalue weighted by molar-refractivity contribution is 4.59. The maximum absolute atomic E-state index is 5.72. The molecule has 0 N–H and O–H groups in total. The van der Waals surface area contributed by atoms with Crippen LogP contribution in [0.3, 0.4) is 0 Å². The fourth-order valence-electron chi connectivity index (χ4n) is 1.49. The van der Waals surface area contributed by atoms with Crippen molar-refractivity contribution >= 4 is 0 Å². The highest BCUT2D eigenvalue weighted by Gasteiger charge is 2.34. The van der Waals surface area contributed by atoms with Crippen molar-refractivity contribution in [2.24, 2.45) is 0 Å². The Bertz CT molecular complexity index is 178. The van der Waals surface area contributed by atoms with Crippen molar-refractivity contribution in [2.45, 2.75) is 46.7 Å². The van der Waals surface area contributed by atoms with E-state index in [0.717, 1.165) is 0 Å². The zero-order chi connectivity index (χ0) is 13.9. The lowest BCUT2D eigenvalue weighted by atomic mass is 10.4. The second-order valence-corrected chi connectivity index (χ2v) is 3.97. The molecule has 0 radical (unpaired) electrons. The Morgan fingerprint density at radius 3 is 1.83 bits per heavy atom. The Balaban J connectivity index is 4.23. The van der Waals surface area contributed by atoms with Gasteiger partial charge < -0.3 is 23.7 Å². The summed E-state index contributed by atoms with van der Waals surface area (Å²) >= 11 is 0. The van der Waals surface area contributed by atoms with Gasteiger partial charge in [0.25, 0.3) is 0 Å². The number of hydrogen-bond donors (Lipinski definition) is 0. The van der Waals surface area contributed by atoms with Crippen LogP contribution >= 0.6 is 0 Å². The summed E-state index contributed by atoms with van der Waals surface area (Å²) in [4.78, 5) is 0. The lowest BCUT2D eigenvalue weighted by Crippen LogP contribution is -2.46.